The fourth-order valence-corrected chi connectivity index (χ4v) is 3.55. The van der Waals surface area contributed by atoms with Gasteiger partial charge in [-0.3, -0.25) is 0 Å². The molecule has 2 amide bonds. The number of likely N-dealkylation sites (N-methyl/N-ethyl adjacent to an activating group) is 1. The Morgan fingerprint density at radius 2 is 2.14 bits per heavy atom. The Bertz CT molecular complexity index is 495. The van der Waals surface area contributed by atoms with Crippen molar-refractivity contribution in [3.05, 3.63) is 22.4 Å². The zero-order chi connectivity index (χ0) is 15.5. The monoisotopic (exact) mass is 310 g/mol. The van der Waals surface area contributed by atoms with Gasteiger partial charge in [0.1, 0.15) is 5.54 Å². The molecule has 5 nitrogen and oxygen atoms in total. The lowest BCUT2D eigenvalue weighted by molar-refractivity contribution is -0.144. The Balaban J connectivity index is 1.96. The van der Waals surface area contributed by atoms with Crippen LogP contribution in [0.25, 0.3) is 0 Å². The highest BCUT2D eigenvalue weighted by Gasteiger charge is 2.43. The Labute approximate surface area is 129 Å². The molecule has 0 aliphatic heterocycles. The summed E-state index contributed by atoms with van der Waals surface area (Å²) in [6, 6.07) is 3.76. The summed E-state index contributed by atoms with van der Waals surface area (Å²) in [5, 5.41) is 14.2. The number of thiophene rings is 1. The van der Waals surface area contributed by atoms with E-state index in [2.05, 4.69) is 5.32 Å². The maximum absolute atomic E-state index is 12.3. The van der Waals surface area contributed by atoms with Crippen LogP contribution in [-0.2, 0) is 11.2 Å². The lowest BCUT2D eigenvalue weighted by atomic mass is 9.98. The molecule has 0 saturated heterocycles. The number of carboxylic acid groups (broad SMARTS) is 1. The van der Waals surface area contributed by atoms with Crippen molar-refractivity contribution >= 4 is 23.3 Å². The van der Waals surface area contributed by atoms with Crippen LogP contribution in [0.15, 0.2) is 17.5 Å². The van der Waals surface area contributed by atoms with Gasteiger partial charge in [0.2, 0.25) is 0 Å². The van der Waals surface area contributed by atoms with Gasteiger partial charge < -0.3 is 15.3 Å². The topological polar surface area (TPSA) is 69.6 Å². The zero-order valence-electron chi connectivity index (χ0n) is 12.5. The molecule has 2 N–H and O–H groups in total. The number of urea groups is 1. The molecule has 0 radical (unpaired) electrons. The molecular weight excluding hydrogens is 288 g/mol. The number of carboxylic acids is 1. The fourth-order valence-electron chi connectivity index (χ4n) is 2.72. The van der Waals surface area contributed by atoms with Crippen LogP contribution in [-0.4, -0.2) is 40.6 Å². The molecule has 1 unspecified atom stereocenters. The lowest BCUT2D eigenvalue weighted by Gasteiger charge is -2.31. The SMILES string of the molecule is CC(Cc1cccs1)N(C)C(=O)NC1(C(=O)O)CCCC1. The molecule has 1 atom stereocenters. The zero-order valence-corrected chi connectivity index (χ0v) is 13.3. The first-order chi connectivity index (χ1) is 9.94. The van der Waals surface area contributed by atoms with Crippen molar-refractivity contribution in [1.29, 1.82) is 0 Å². The molecule has 1 saturated carbocycles. The quantitative estimate of drug-likeness (QED) is 0.878. The van der Waals surface area contributed by atoms with E-state index in [9.17, 15) is 14.7 Å². The molecule has 21 heavy (non-hydrogen) atoms. The van der Waals surface area contributed by atoms with Gasteiger partial charge in [0, 0.05) is 24.4 Å². The number of aliphatic carboxylic acids is 1. The predicted octanol–water partition coefficient (Wildman–Crippen LogP) is 2.72. The minimum absolute atomic E-state index is 0.0240. The summed E-state index contributed by atoms with van der Waals surface area (Å²) in [5.74, 6) is -0.923. The van der Waals surface area contributed by atoms with Gasteiger partial charge in [-0.1, -0.05) is 18.9 Å². The Hall–Kier alpha value is -1.56. The van der Waals surface area contributed by atoms with Gasteiger partial charge in [-0.05, 0) is 31.2 Å². The molecule has 0 aromatic carbocycles. The van der Waals surface area contributed by atoms with Crippen molar-refractivity contribution in [2.75, 3.05) is 7.05 Å². The number of hydrogen-bond donors (Lipinski definition) is 2. The number of carbonyl (C=O) groups is 2. The third kappa shape index (κ3) is 3.56. The Morgan fingerprint density at radius 3 is 2.67 bits per heavy atom. The second kappa shape index (κ2) is 6.47. The first-order valence-electron chi connectivity index (χ1n) is 7.25. The minimum atomic E-state index is -1.08. The number of amides is 2. The van der Waals surface area contributed by atoms with E-state index in [1.165, 1.54) is 4.88 Å². The van der Waals surface area contributed by atoms with Gasteiger partial charge in [0.25, 0.3) is 0 Å². The molecule has 6 heteroatoms. The van der Waals surface area contributed by atoms with Crippen LogP contribution in [0.5, 0.6) is 0 Å². The molecule has 1 aliphatic carbocycles. The van der Waals surface area contributed by atoms with Crippen molar-refractivity contribution in [2.24, 2.45) is 0 Å². The molecule has 2 rings (SSSR count). The fraction of sp³-hybridized carbons (Fsp3) is 0.600. The minimum Gasteiger partial charge on any atom is -0.480 e. The number of carbonyl (C=O) groups excluding carboxylic acids is 1. The third-order valence-corrected chi connectivity index (χ3v) is 5.17. The van der Waals surface area contributed by atoms with Crippen molar-refractivity contribution < 1.29 is 14.7 Å². The summed E-state index contributed by atoms with van der Waals surface area (Å²) in [4.78, 5) is 26.6. The Morgan fingerprint density at radius 1 is 1.48 bits per heavy atom. The van der Waals surface area contributed by atoms with Crippen molar-refractivity contribution in [3.8, 4) is 0 Å². The number of rotatable bonds is 5. The van der Waals surface area contributed by atoms with Crippen LogP contribution >= 0.6 is 11.3 Å². The summed E-state index contributed by atoms with van der Waals surface area (Å²) in [7, 11) is 1.72. The molecule has 1 fully saturated rings. The lowest BCUT2D eigenvalue weighted by Crippen LogP contribution is -2.57. The molecule has 0 spiro atoms. The standard InChI is InChI=1S/C15H22N2O3S/c1-11(10-12-6-5-9-21-12)17(2)14(20)16-15(13(18)19)7-3-4-8-15/h5-6,9,11H,3-4,7-8,10H2,1-2H3,(H,16,20)(H,18,19). The number of hydrogen-bond acceptors (Lipinski definition) is 3. The highest BCUT2D eigenvalue weighted by Crippen LogP contribution is 2.30. The number of nitrogens with one attached hydrogen (secondary N) is 1. The van der Waals surface area contributed by atoms with Crippen LogP contribution in [0.2, 0.25) is 0 Å². The molecule has 0 bridgehead atoms. The Kier molecular flexibility index (Phi) is 4.88. The molecule has 1 aromatic heterocycles. The third-order valence-electron chi connectivity index (χ3n) is 4.27. The van der Waals surface area contributed by atoms with Crippen molar-refractivity contribution in [1.82, 2.24) is 10.2 Å². The predicted molar refractivity (Wildman–Crippen MR) is 82.6 cm³/mol. The average molecular weight is 310 g/mol. The maximum Gasteiger partial charge on any atom is 0.329 e. The normalized spacial score (nSPS) is 18.2. The van der Waals surface area contributed by atoms with Gasteiger partial charge in [0.05, 0.1) is 0 Å². The van der Waals surface area contributed by atoms with E-state index < -0.39 is 11.5 Å². The second-order valence-electron chi connectivity index (χ2n) is 5.77. The van der Waals surface area contributed by atoms with Gasteiger partial charge >= 0.3 is 12.0 Å². The van der Waals surface area contributed by atoms with Crippen molar-refractivity contribution in [2.45, 2.75) is 50.6 Å². The van der Waals surface area contributed by atoms with Gasteiger partial charge in [-0.25, -0.2) is 9.59 Å². The molecule has 1 aliphatic rings. The van der Waals surface area contributed by atoms with E-state index in [1.54, 1.807) is 23.3 Å². The summed E-state index contributed by atoms with van der Waals surface area (Å²) < 4.78 is 0. The first kappa shape index (κ1) is 15.8. The maximum atomic E-state index is 12.3. The first-order valence-corrected chi connectivity index (χ1v) is 8.13. The van der Waals surface area contributed by atoms with E-state index >= 15 is 0 Å². The van der Waals surface area contributed by atoms with Crippen LogP contribution < -0.4 is 5.32 Å². The van der Waals surface area contributed by atoms with E-state index in [0.29, 0.717) is 12.8 Å². The van der Waals surface area contributed by atoms with Crippen molar-refractivity contribution in [3.63, 3.8) is 0 Å². The van der Waals surface area contributed by atoms with E-state index in [4.69, 9.17) is 0 Å². The largest absolute Gasteiger partial charge is 0.480 e. The second-order valence-corrected chi connectivity index (χ2v) is 6.80. The van der Waals surface area contributed by atoms with E-state index in [1.807, 2.05) is 24.4 Å². The molecular formula is C15H22N2O3S. The van der Waals surface area contributed by atoms with Gasteiger partial charge in [-0.2, -0.15) is 0 Å². The molecule has 1 heterocycles. The molecule has 116 valence electrons. The van der Waals surface area contributed by atoms with Crippen LogP contribution in [0.1, 0.15) is 37.5 Å². The van der Waals surface area contributed by atoms with Gasteiger partial charge in [0.15, 0.2) is 0 Å². The van der Waals surface area contributed by atoms with Crippen LogP contribution in [0.4, 0.5) is 4.79 Å². The van der Waals surface area contributed by atoms with E-state index in [-0.39, 0.29) is 12.1 Å². The smallest absolute Gasteiger partial charge is 0.329 e. The number of nitrogens with zero attached hydrogens (tertiary/aromatic N) is 1. The highest BCUT2D eigenvalue weighted by atomic mass is 32.1. The van der Waals surface area contributed by atoms with Crippen LogP contribution in [0.3, 0.4) is 0 Å². The molecule has 1 aromatic rings. The van der Waals surface area contributed by atoms with Gasteiger partial charge in [-0.15, -0.1) is 11.3 Å². The van der Waals surface area contributed by atoms with E-state index in [0.717, 1.165) is 19.3 Å². The average Bonchev–Trinajstić information content (AvgIpc) is 3.09. The summed E-state index contributed by atoms with van der Waals surface area (Å²) in [6.45, 7) is 1.97. The highest BCUT2D eigenvalue weighted by molar-refractivity contribution is 7.09. The summed E-state index contributed by atoms with van der Waals surface area (Å²) >= 11 is 1.66. The summed E-state index contributed by atoms with van der Waals surface area (Å²) in [5.41, 5.74) is -1.08. The summed E-state index contributed by atoms with van der Waals surface area (Å²) in [6.07, 6.45) is 3.51. The van der Waals surface area contributed by atoms with Crippen LogP contribution in [0, 0.1) is 0 Å².